The van der Waals surface area contributed by atoms with Gasteiger partial charge in [0.1, 0.15) is 5.56 Å². The highest BCUT2D eigenvalue weighted by atomic mass is 35.5. The van der Waals surface area contributed by atoms with E-state index in [1.165, 1.54) is 10.7 Å². The first-order valence-electron chi connectivity index (χ1n) is 10.6. The molecular formula is C24H26ClN5O2. The number of rotatable bonds is 5. The Hall–Kier alpha value is -3.00. The third kappa shape index (κ3) is 4.19. The van der Waals surface area contributed by atoms with Crippen molar-refractivity contribution in [2.45, 2.75) is 37.1 Å². The molecule has 0 bridgehead atoms. The number of nitrogens with one attached hydrogen (secondary N) is 1. The average molecular weight is 452 g/mol. The van der Waals surface area contributed by atoms with Gasteiger partial charge in [-0.15, -0.1) is 0 Å². The van der Waals surface area contributed by atoms with Crippen molar-refractivity contribution in [3.05, 3.63) is 87.2 Å². The smallest absolute Gasteiger partial charge is 0.279 e. The van der Waals surface area contributed by atoms with E-state index in [2.05, 4.69) is 16.6 Å². The molecular weight excluding hydrogens is 426 g/mol. The first-order chi connectivity index (χ1) is 15.5. The van der Waals surface area contributed by atoms with Gasteiger partial charge in [-0.05, 0) is 49.4 Å². The van der Waals surface area contributed by atoms with E-state index in [4.69, 9.17) is 23.2 Å². The maximum absolute atomic E-state index is 13.1. The van der Waals surface area contributed by atoms with Gasteiger partial charge in [-0.3, -0.25) is 15.0 Å². The normalized spacial score (nSPS) is 20.7. The van der Waals surface area contributed by atoms with E-state index in [1.807, 2.05) is 48.5 Å². The standard InChI is InChI=1S/C24H26ClN5O2/c25-18-8-4-7-17(13-18)24(15-26)11-9-19(10-12-24)30-23(32)20(22(31)28-27)14-21(29-30)16-5-2-1-3-6-16/h1-8,13-14,19H,9-12,15,26-27H2,(H,28,31)/t19-,24+. The van der Waals surface area contributed by atoms with Gasteiger partial charge in [-0.25, -0.2) is 10.5 Å². The lowest BCUT2D eigenvalue weighted by Gasteiger charge is -2.40. The van der Waals surface area contributed by atoms with Crippen LogP contribution in [0.4, 0.5) is 0 Å². The summed E-state index contributed by atoms with van der Waals surface area (Å²) in [4.78, 5) is 25.5. The van der Waals surface area contributed by atoms with Gasteiger partial charge in [0.2, 0.25) is 0 Å². The molecule has 8 heteroatoms. The second-order valence-corrected chi connectivity index (χ2v) is 8.69. The summed E-state index contributed by atoms with van der Waals surface area (Å²) in [6.07, 6.45) is 2.99. The molecule has 0 atom stereocenters. The Kier molecular flexibility index (Phi) is 6.41. The number of carbonyl (C=O) groups excluding carboxylic acids is 1. The molecule has 1 heterocycles. The Labute approximate surface area is 191 Å². The van der Waals surface area contributed by atoms with Crippen molar-refractivity contribution >= 4 is 17.5 Å². The Bertz CT molecular complexity index is 1170. The summed E-state index contributed by atoms with van der Waals surface area (Å²) in [5.41, 5.74) is 10.1. The molecule has 1 aromatic heterocycles. The zero-order valence-electron chi connectivity index (χ0n) is 17.6. The van der Waals surface area contributed by atoms with Gasteiger partial charge in [0, 0.05) is 22.5 Å². The van der Waals surface area contributed by atoms with E-state index in [9.17, 15) is 9.59 Å². The molecule has 0 spiro atoms. The summed E-state index contributed by atoms with van der Waals surface area (Å²) in [7, 11) is 0. The highest BCUT2D eigenvalue weighted by molar-refractivity contribution is 6.30. The maximum atomic E-state index is 13.1. The number of aromatic nitrogens is 2. The van der Waals surface area contributed by atoms with E-state index in [0.29, 0.717) is 30.1 Å². The lowest BCUT2D eigenvalue weighted by Crippen LogP contribution is -2.43. The third-order valence-electron chi connectivity index (χ3n) is 6.47. The molecule has 3 aromatic rings. The molecule has 0 aliphatic heterocycles. The number of benzene rings is 2. The summed E-state index contributed by atoms with van der Waals surface area (Å²) in [6, 6.07) is 18.6. The fraction of sp³-hybridized carbons (Fsp3) is 0.292. The number of nitrogens with zero attached hydrogens (tertiary/aromatic N) is 2. The van der Waals surface area contributed by atoms with Crippen LogP contribution in [0.5, 0.6) is 0 Å². The molecule has 1 aliphatic carbocycles. The van der Waals surface area contributed by atoms with Crippen molar-refractivity contribution < 1.29 is 4.79 Å². The molecule has 0 unspecified atom stereocenters. The van der Waals surface area contributed by atoms with Crippen LogP contribution in [0, 0.1) is 0 Å². The van der Waals surface area contributed by atoms with Crippen LogP contribution in [-0.2, 0) is 5.41 Å². The second kappa shape index (κ2) is 9.24. The number of nitrogen functional groups attached to an aromatic ring is 1. The molecule has 0 radical (unpaired) electrons. The third-order valence-corrected chi connectivity index (χ3v) is 6.70. The quantitative estimate of drug-likeness (QED) is 0.313. The fourth-order valence-electron chi connectivity index (χ4n) is 4.58. The monoisotopic (exact) mass is 451 g/mol. The van der Waals surface area contributed by atoms with Crippen molar-refractivity contribution in [3.8, 4) is 11.3 Å². The van der Waals surface area contributed by atoms with Crippen LogP contribution in [0.3, 0.4) is 0 Å². The van der Waals surface area contributed by atoms with Gasteiger partial charge >= 0.3 is 0 Å². The number of hydrogen-bond donors (Lipinski definition) is 3. The van der Waals surface area contributed by atoms with Crippen molar-refractivity contribution in [2.24, 2.45) is 11.6 Å². The molecule has 1 amide bonds. The van der Waals surface area contributed by atoms with E-state index < -0.39 is 11.5 Å². The molecule has 4 rings (SSSR count). The van der Waals surface area contributed by atoms with Gasteiger partial charge in [-0.1, -0.05) is 54.1 Å². The number of nitrogens with two attached hydrogens (primary N) is 2. The Balaban J connectivity index is 1.70. The Morgan fingerprint density at radius 1 is 1.12 bits per heavy atom. The molecule has 1 aliphatic rings. The zero-order valence-corrected chi connectivity index (χ0v) is 18.4. The van der Waals surface area contributed by atoms with Crippen LogP contribution < -0.4 is 22.6 Å². The number of halogens is 1. The van der Waals surface area contributed by atoms with Crippen molar-refractivity contribution in [3.63, 3.8) is 0 Å². The van der Waals surface area contributed by atoms with E-state index in [1.54, 1.807) is 0 Å². The minimum absolute atomic E-state index is 0.0214. The van der Waals surface area contributed by atoms with E-state index >= 15 is 0 Å². The molecule has 166 valence electrons. The molecule has 32 heavy (non-hydrogen) atoms. The summed E-state index contributed by atoms with van der Waals surface area (Å²) in [5, 5.41) is 5.32. The summed E-state index contributed by atoms with van der Waals surface area (Å²) >= 11 is 6.22. The first kappa shape index (κ1) is 22.2. The van der Waals surface area contributed by atoms with Crippen LogP contribution in [0.2, 0.25) is 5.02 Å². The van der Waals surface area contributed by atoms with Crippen molar-refractivity contribution in [1.29, 1.82) is 0 Å². The van der Waals surface area contributed by atoms with Crippen LogP contribution in [-0.4, -0.2) is 22.2 Å². The molecule has 7 nitrogen and oxygen atoms in total. The fourth-order valence-corrected chi connectivity index (χ4v) is 4.77. The molecule has 1 fully saturated rings. The Morgan fingerprint density at radius 2 is 1.84 bits per heavy atom. The van der Waals surface area contributed by atoms with E-state index in [0.717, 1.165) is 24.0 Å². The van der Waals surface area contributed by atoms with Crippen LogP contribution >= 0.6 is 11.6 Å². The lowest BCUT2D eigenvalue weighted by molar-refractivity contribution is 0.0950. The van der Waals surface area contributed by atoms with Crippen LogP contribution in [0.15, 0.2) is 65.5 Å². The number of hydrazine groups is 1. The van der Waals surface area contributed by atoms with Crippen molar-refractivity contribution in [1.82, 2.24) is 15.2 Å². The number of carbonyl (C=O) groups is 1. The topological polar surface area (TPSA) is 116 Å². The number of amides is 1. The zero-order chi connectivity index (χ0) is 22.7. The predicted molar refractivity (Wildman–Crippen MR) is 125 cm³/mol. The van der Waals surface area contributed by atoms with Crippen molar-refractivity contribution in [2.75, 3.05) is 6.54 Å². The molecule has 1 saturated carbocycles. The SMILES string of the molecule is NC[C@]1(c2cccc(Cl)c2)CC[C@@H](n2nc(-c3ccccc3)cc(C(=O)NN)c2=O)CC1. The van der Waals surface area contributed by atoms with Gasteiger partial charge in [-0.2, -0.15) is 5.10 Å². The largest absolute Gasteiger partial charge is 0.330 e. The van der Waals surface area contributed by atoms with Gasteiger partial charge < -0.3 is 5.73 Å². The lowest BCUT2D eigenvalue weighted by atomic mass is 9.68. The Morgan fingerprint density at radius 3 is 2.47 bits per heavy atom. The van der Waals surface area contributed by atoms with E-state index in [-0.39, 0.29) is 17.0 Å². The molecule has 2 aromatic carbocycles. The highest BCUT2D eigenvalue weighted by Gasteiger charge is 2.37. The van der Waals surface area contributed by atoms with Crippen LogP contribution in [0.1, 0.15) is 47.6 Å². The molecule has 0 saturated heterocycles. The van der Waals surface area contributed by atoms with Gasteiger partial charge in [0.05, 0.1) is 11.7 Å². The summed E-state index contributed by atoms with van der Waals surface area (Å²) in [5.74, 6) is 4.70. The minimum atomic E-state index is -0.630. The first-order valence-corrected chi connectivity index (χ1v) is 11.0. The highest BCUT2D eigenvalue weighted by Crippen LogP contribution is 2.42. The number of hydrogen-bond acceptors (Lipinski definition) is 5. The second-order valence-electron chi connectivity index (χ2n) is 8.26. The summed E-state index contributed by atoms with van der Waals surface area (Å²) in [6.45, 7) is 0.493. The van der Waals surface area contributed by atoms with Crippen LogP contribution in [0.25, 0.3) is 11.3 Å². The minimum Gasteiger partial charge on any atom is -0.330 e. The summed E-state index contributed by atoms with van der Waals surface area (Å²) < 4.78 is 1.45. The van der Waals surface area contributed by atoms with Gasteiger partial charge in [0.25, 0.3) is 11.5 Å². The predicted octanol–water partition coefficient (Wildman–Crippen LogP) is 3.18. The average Bonchev–Trinajstić information content (AvgIpc) is 2.84. The van der Waals surface area contributed by atoms with Gasteiger partial charge in [0.15, 0.2) is 0 Å². The molecule has 5 N–H and O–H groups in total. The maximum Gasteiger partial charge on any atom is 0.279 e.